The van der Waals surface area contributed by atoms with Gasteiger partial charge in [0, 0.05) is 5.92 Å². The molecule has 5 nitrogen and oxygen atoms in total. The Bertz CT molecular complexity index is 855. The lowest BCUT2D eigenvalue weighted by Crippen LogP contribution is -2.63. The van der Waals surface area contributed by atoms with Gasteiger partial charge in [-0.1, -0.05) is 57.2 Å². The average Bonchev–Trinajstić information content (AvgIpc) is 2.99. The number of rotatable bonds is 3. The molecule has 0 radical (unpaired) electrons. The number of hydrogen-bond donors (Lipinski definition) is 0. The predicted molar refractivity (Wildman–Crippen MR) is 129 cm³/mol. The monoisotopic (exact) mass is 460 g/mol. The number of hydrogen-bond acceptors (Lipinski definition) is 5. The van der Waals surface area contributed by atoms with E-state index < -0.39 is 19.9 Å². The van der Waals surface area contributed by atoms with Crippen LogP contribution in [0.3, 0.4) is 0 Å². The van der Waals surface area contributed by atoms with Crippen LogP contribution in [0.1, 0.15) is 54.0 Å². The molecular weight excluding hydrogens is 420 g/mol. The van der Waals surface area contributed by atoms with E-state index in [1.165, 1.54) is 5.57 Å². The van der Waals surface area contributed by atoms with Crippen molar-refractivity contribution in [1.29, 1.82) is 0 Å². The molecule has 0 spiro atoms. The Morgan fingerprint density at radius 1 is 0.906 bits per heavy atom. The summed E-state index contributed by atoms with van der Waals surface area (Å²) < 4.78 is 32.7. The van der Waals surface area contributed by atoms with Crippen molar-refractivity contribution in [3.05, 3.63) is 41.5 Å². The number of ether oxygens (including phenoxy) is 4. The van der Waals surface area contributed by atoms with Crippen LogP contribution in [0, 0.1) is 5.92 Å². The molecule has 3 aliphatic rings. The topological polar surface area (TPSA) is 46.2 Å². The summed E-state index contributed by atoms with van der Waals surface area (Å²) in [6.45, 7) is 19.9. The number of benzene rings is 1. The Morgan fingerprint density at radius 2 is 1.50 bits per heavy atom. The van der Waals surface area contributed by atoms with Crippen LogP contribution in [0.2, 0.25) is 18.1 Å². The summed E-state index contributed by atoms with van der Waals surface area (Å²) in [6, 6.07) is 10.4. The normalized spacial score (nSPS) is 35.4. The van der Waals surface area contributed by atoms with E-state index in [1.54, 1.807) is 0 Å². The van der Waals surface area contributed by atoms with Gasteiger partial charge in [-0.3, -0.25) is 0 Å². The smallest absolute Gasteiger partial charge is 0.193 e. The first-order valence-corrected chi connectivity index (χ1v) is 14.7. The maximum atomic E-state index is 7.09. The quantitative estimate of drug-likeness (QED) is 0.537. The van der Waals surface area contributed by atoms with Gasteiger partial charge in [-0.2, -0.15) is 0 Å². The standard InChI is InChI=1S/C26H40O5Si/c1-24(2,3)32(8,9)31-21-18(15-17-13-11-10-12-14-17)19-16-27-25(4,5)28-20(19)22-23(21)30-26(6,7)29-22/h10-15,19-23H,16H2,1-9H3/b18-15+/t19-,20+,21+,22-,23+/m0/s1. The van der Waals surface area contributed by atoms with Gasteiger partial charge in [0.2, 0.25) is 0 Å². The lowest BCUT2D eigenvalue weighted by molar-refractivity contribution is -0.313. The van der Waals surface area contributed by atoms with Crippen molar-refractivity contribution in [2.24, 2.45) is 5.92 Å². The molecule has 0 amide bonds. The first kappa shape index (κ1) is 24.1. The lowest BCUT2D eigenvalue weighted by atomic mass is 9.75. The molecule has 3 fully saturated rings. The van der Waals surface area contributed by atoms with Crippen molar-refractivity contribution in [3.63, 3.8) is 0 Å². The van der Waals surface area contributed by atoms with Crippen LogP contribution in [0.4, 0.5) is 0 Å². The zero-order valence-corrected chi connectivity index (χ0v) is 22.1. The molecule has 2 aliphatic heterocycles. The van der Waals surface area contributed by atoms with Gasteiger partial charge in [0.15, 0.2) is 19.9 Å². The molecule has 0 N–H and O–H groups in total. The molecule has 1 saturated carbocycles. The molecular formula is C26H40O5Si. The summed E-state index contributed by atoms with van der Waals surface area (Å²) in [4.78, 5) is 0. The molecule has 32 heavy (non-hydrogen) atoms. The Morgan fingerprint density at radius 3 is 2.12 bits per heavy atom. The summed E-state index contributed by atoms with van der Waals surface area (Å²) in [5, 5.41) is 0.0771. The zero-order valence-electron chi connectivity index (χ0n) is 21.1. The van der Waals surface area contributed by atoms with Crippen LogP contribution < -0.4 is 0 Å². The molecule has 6 heteroatoms. The van der Waals surface area contributed by atoms with E-state index in [9.17, 15) is 0 Å². The van der Waals surface area contributed by atoms with Gasteiger partial charge in [-0.25, -0.2) is 0 Å². The average molecular weight is 461 g/mol. The molecule has 1 aromatic rings. The van der Waals surface area contributed by atoms with Crippen molar-refractivity contribution >= 4 is 14.4 Å². The highest BCUT2D eigenvalue weighted by Crippen LogP contribution is 2.50. The van der Waals surface area contributed by atoms with Crippen molar-refractivity contribution in [2.45, 2.75) is 103 Å². The van der Waals surface area contributed by atoms with E-state index in [1.807, 2.05) is 33.8 Å². The Labute approximate surface area is 194 Å². The molecule has 2 heterocycles. The third kappa shape index (κ3) is 4.63. The molecule has 0 aromatic heterocycles. The van der Waals surface area contributed by atoms with Gasteiger partial charge >= 0.3 is 0 Å². The first-order valence-electron chi connectivity index (χ1n) is 11.8. The van der Waals surface area contributed by atoms with E-state index in [0.717, 1.165) is 5.56 Å². The van der Waals surface area contributed by atoms with E-state index >= 15 is 0 Å². The summed E-state index contributed by atoms with van der Waals surface area (Å²) >= 11 is 0. The van der Waals surface area contributed by atoms with E-state index in [4.69, 9.17) is 23.4 Å². The third-order valence-electron chi connectivity index (χ3n) is 7.33. The molecule has 2 saturated heterocycles. The maximum absolute atomic E-state index is 7.09. The molecule has 1 aliphatic carbocycles. The minimum atomic E-state index is -2.10. The van der Waals surface area contributed by atoms with E-state index in [-0.39, 0.29) is 35.4 Å². The second kappa shape index (κ2) is 8.03. The summed E-state index contributed by atoms with van der Waals surface area (Å²) in [7, 11) is -2.10. The Balaban J connectivity index is 1.82. The summed E-state index contributed by atoms with van der Waals surface area (Å²) in [5.74, 6) is -1.31. The second-order valence-electron chi connectivity index (χ2n) is 11.8. The molecule has 0 unspecified atom stereocenters. The van der Waals surface area contributed by atoms with Crippen LogP contribution in [-0.4, -0.2) is 50.9 Å². The fourth-order valence-corrected chi connectivity index (χ4v) is 5.94. The van der Waals surface area contributed by atoms with Crippen molar-refractivity contribution < 1.29 is 23.4 Å². The number of fused-ring (bicyclic) bond motifs is 3. The third-order valence-corrected chi connectivity index (χ3v) is 11.8. The van der Waals surface area contributed by atoms with Gasteiger partial charge < -0.3 is 23.4 Å². The van der Waals surface area contributed by atoms with E-state index in [0.29, 0.717) is 6.61 Å². The molecule has 5 atom stereocenters. The minimum absolute atomic E-state index is 0.0387. The highest BCUT2D eigenvalue weighted by molar-refractivity contribution is 6.74. The Kier molecular flexibility index (Phi) is 6.05. The van der Waals surface area contributed by atoms with E-state index in [2.05, 4.69) is 64.2 Å². The second-order valence-corrected chi connectivity index (χ2v) is 16.6. The van der Waals surface area contributed by atoms with Gasteiger partial charge in [0.05, 0.1) is 18.8 Å². The van der Waals surface area contributed by atoms with Crippen LogP contribution in [0.5, 0.6) is 0 Å². The molecule has 0 bridgehead atoms. The van der Waals surface area contributed by atoms with Crippen LogP contribution in [0.15, 0.2) is 35.9 Å². The van der Waals surface area contributed by atoms with Crippen LogP contribution in [0.25, 0.3) is 6.08 Å². The van der Waals surface area contributed by atoms with Gasteiger partial charge in [0.25, 0.3) is 0 Å². The highest BCUT2D eigenvalue weighted by Gasteiger charge is 2.60. The molecule has 178 valence electrons. The first-order chi connectivity index (χ1) is 14.7. The fourth-order valence-electron chi connectivity index (χ4n) is 4.68. The summed E-state index contributed by atoms with van der Waals surface area (Å²) in [5.41, 5.74) is 2.33. The molecule has 1 aromatic carbocycles. The largest absolute Gasteiger partial charge is 0.407 e. The molecule has 4 rings (SSSR count). The van der Waals surface area contributed by atoms with Gasteiger partial charge in [-0.15, -0.1) is 0 Å². The lowest BCUT2D eigenvalue weighted by Gasteiger charge is -2.52. The fraction of sp³-hybridized carbons (Fsp3) is 0.692. The SMILES string of the molecule is CC1(C)O[C@@H]2[C@H](O1)[C@H](O[Si](C)(C)C(C)(C)C)/C(=C/c1ccccc1)[C@@H]1COC(C)(C)O[C@@H]21. The minimum Gasteiger partial charge on any atom is -0.407 e. The maximum Gasteiger partial charge on any atom is 0.193 e. The van der Waals surface area contributed by atoms with Crippen LogP contribution in [-0.2, 0) is 23.4 Å². The predicted octanol–water partition coefficient (Wildman–Crippen LogP) is 5.76. The highest BCUT2D eigenvalue weighted by atomic mass is 28.4. The van der Waals surface area contributed by atoms with Gasteiger partial charge in [0.1, 0.15) is 12.2 Å². The zero-order chi connectivity index (χ0) is 23.5. The summed E-state index contributed by atoms with van der Waals surface area (Å²) in [6.07, 6.45) is 1.45. The van der Waals surface area contributed by atoms with Gasteiger partial charge in [-0.05, 0) is 57.0 Å². The van der Waals surface area contributed by atoms with Crippen molar-refractivity contribution in [1.82, 2.24) is 0 Å². The van der Waals surface area contributed by atoms with Crippen LogP contribution >= 0.6 is 0 Å². The van der Waals surface area contributed by atoms with Crippen molar-refractivity contribution in [2.75, 3.05) is 6.61 Å². The van der Waals surface area contributed by atoms with Crippen molar-refractivity contribution in [3.8, 4) is 0 Å². The Hall–Kier alpha value is -1.02.